The second-order valence-corrected chi connectivity index (χ2v) is 7.15. The molecule has 2 rings (SSSR count). The Labute approximate surface area is 158 Å². The highest BCUT2D eigenvalue weighted by Crippen LogP contribution is 2.05. The smallest absolute Gasteiger partial charge is 0.330 e. The molecule has 0 aliphatic rings. The average molecular weight is 391 g/mol. The maximum atomic E-state index is 12.0. The summed E-state index contributed by atoms with van der Waals surface area (Å²) in [6.07, 6.45) is 0.165. The van der Waals surface area contributed by atoms with Crippen molar-refractivity contribution in [2.45, 2.75) is 19.0 Å². The van der Waals surface area contributed by atoms with Crippen molar-refractivity contribution in [1.29, 1.82) is 0 Å². The summed E-state index contributed by atoms with van der Waals surface area (Å²) in [5.41, 5.74) is 1.53. The molecule has 0 aliphatic carbocycles. The Balaban J connectivity index is 1.94. The van der Waals surface area contributed by atoms with E-state index in [4.69, 9.17) is 0 Å². The molecule has 9 heteroatoms. The van der Waals surface area contributed by atoms with Crippen LogP contribution in [0.25, 0.3) is 0 Å². The molecule has 144 valence electrons. The molecule has 0 unspecified atom stereocenters. The molecular weight excluding hydrogens is 370 g/mol. The monoisotopic (exact) mass is 391 g/mol. The number of rotatable bonds is 8. The standard InChI is InChI=1S/C18H21N3O5S/c1-26-17(22)16(12-14-8-4-2-5-9-14)20-18(23)21-27(24,25)19-13-15-10-6-3-7-11-15/h2-11,16,19H,12-13H2,1H3,(H2,20,21,23)/t16-/m0/s1. The zero-order valence-electron chi connectivity index (χ0n) is 14.7. The summed E-state index contributed by atoms with van der Waals surface area (Å²) in [4.78, 5) is 23.9. The summed E-state index contributed by atoms with van der Waals surface area (Å²) in [6.45, 7) is 0.0217. The fourth-order valence-electron chi connectivity index (χ4n) is 2.31. The van der Waals surface area contributed by atoms with E-state index in [0.717, 1.165) is 11.1 Å². The van der Waals surface area contributed by atoms with E-state index in [1.807, 2.05) is 16.9 Å². The van der Waals surface area contributed by atoms with E-state index in [0.29, 0.717) is 0 Å². The summed E-state index contributed by atoms with van der Waals surface area (Å²) in [7, 11) is -2.90. The lowest BCUT2D eigenvalue weighted by atomic mass is 10.1. The van der Waals surface area contributed by atoms with Gasteiger partial charge in [0, 0.05) is 13.0 Å². The van der Waals surface area contributed by atoms with E-state index < -0.39 is 28.3 Å². The first kappa shape index (κ1) is 20.4. The molecule has 8 nitrogen and oxygen atoms in total. The largest absolute Gasteiger partial charge is 0.467 e. The molecule has 0 saturated carbocycles. The lowest BCUT2D eigenvalue weighted by molar-refractivity contribution is -0.142. The van der Waals surface area contributed by atoms with Crippen LogP contribution in [0.3, 0.4) is 0 Å². The van der Waals surface area contributed by atoms with Crippen LogP contribution in [-0.4, -0.2) is 33.6 Å². The van der Waals surface area contributed by atoms with Gasteiger partial charge in [0.25, 0.3) is 0 Å². The van der Waals surface area contributed by atoms with Crippen molar-refractivity contribution in [2.24, 2.45) is 0 Å². The number of hydrogen-bond acceptors (Lipinski definition) is 5. The Morgan fingerprint density at radius 2 is 1.52 bits per heavy atom. The zero-order chi connectivity index (χ0) is 19.7. The van der Waals surface area contributed by atoms with Crippen LogP contribution in [0, 0.1) is 0 Å². The van der Waals surface area contributed by atoms with E-state index in [9.17, 15) is 18.0 Å². The van der Waals surface area contributed by atoms with Gasteiger partial charge < -0.3 is 10.1 Å². The summed E-state index contributed by atoms with van der Waals surface area (Å²) < 4.78 is 32.7. The van der Waals surface area contributed by atoms with Gasteiger partial charge in [-0.3, -0.25) is 0 Å². The van der Waals surface area contributed by atoms with Gasteiger partial charge in [0.05, 0.1) is 7.11 Å². The highest BCUT2D eigenvalue weighted by Gasteiger charge is 2.24. The molecule has 1 atom stereocenters. The molecule has 2 aromatic rings. The van der Waals surface area contributed by atoms with E-state index >= 15 is 0 Å². The number of carbonyl (C=O) groups is 2. The van der Waals surface area contributed by atoms with Gasteiger partial charge in [-0.15, -0.1) is 0 Å². The molecule has 0 aliphatic heterocycles. The molecule has 27 heavy (non-hydrogen) atoms. The lowest BCUT2D eigenvalue weighted by Crippen LogP contribution is -2.51. The first-order valence-corrected chi connectivity index (χ1v) is 9.61. The van der Waals surface area contributed by atoms with Crippen molar-refractivity contribution in [1.82, 2.24) is 14.8 Å². The molecule has 3 N–H and O–H groups in total. The minimum absolute atomic E-state index is 0.0217. The van der Waals surface area contributed by atoms with Crippen LogP contribution in [0.5, 0.6) is 0 Å². The predicted octanol–water partition coefficient (Wildman–Crippen LogP) is 1.10. The van der Waals surface area contributed by atoms with Gasteiger partial charge >= 0.3 is 22.2 Å². The molecule has 0 bridgehead atoms. The van der Waals surface area contributed by atoms with Gasteiger partial charge in [0.15, 0.2) is 0 Å². The Morgan fingerprint density at radius 1 is 0.963 bits per heavy atom. The van der Waals surface area contributed by atoms with Crippen molar-refractivity contribution >= 4 is 22.2 Å². The summed E-state index contributed by atoms with van der Waals surface area (Å²) >= 11 is 0. The fourth-order valence-corrected chi connectivity index (χ4v) is 3.04. The number of carbonyl (C=O) groups excluding carboxylic acids is 2. The van der Waals surface area contributed by atoms with Crippen molar-refractivity contribution in [3.05, 3.63) is 71.8 Å². The lowest BCUT2D eigenvalue weighted by Gasteiger charge is -2.17. The second kappa shape index (κ2) is 9.70. The number of esters is 1. The van der Waals surface area contributed by atoms with Crippen LogP contribution in [0.2, 0.25) is 0 Å². The third-order valence-electron chi connectivity index (χ3n) is 3.61. The third kappa shape index (κ3) is 7.08. The first-order valence-electron chi connectivity index (χ1n) is 8.13. The minimum Gasteiger partial charge on any atom is -0.467 e. The van der Waals surface area contributed by atoms with Crippen molar-refractivity contribution in [3.8, 4) is 0 Å². The van der Waals surface area contributed by atoms with E-state index in [1.54, 1.807) is 48.5 Å². The SMILES string of the molecule is COC(=O)[C@H](Cc1ccccc1)NC(=O)NS(=O)(=O)NCc1ccccc1. The highest BCUT2D eigenvalue weighted by molar-refractivity contribution is 7.88. The normalized spacial score (nSPS) is 12.0. The molecule has 0 heterocycles. The van der Waals surface area contributed by atoms with Gasteiger partial charge in [-0.25, -0.2) is 14.3 Å². The van der Waals surface area contributed by atoms with E-state index in [2.05, 4.69) is 14.8 Å². The quantitative estimate of drug-likeness (QED) is 0.583. The fraction of sp³-hybridized carbons (Fsp3) is 0.222. The van der Waals surface area contributed by atoms with Crippen molar-refractivity contribution in [2.75, 3.05) is 7.11 Å². The number of ether oxygens (including phenoxy) is 1. The van der Waals surface area contributed by atoms with Crippen LogP contribution in [0.4, 0.5) is 4.79 Å². The molecule has 0 saturated heterocycles. The van der Waals surface area contributed by atoms with E-state index in [-0.39, 0.29) is 13.0 Å². The Bertz CT molecular complexity index is 857. The Kier molecular flexibility index (Phi) is 7.33. The van der Waals surface area contributed by atoms with Crippen LogP contribution in [-0.2, 0) is 32.7 Å². The van der Waals surface area contributed by atoms with E-state index in [1.165, 1.54) is 7.11 Å². The third-order valence-corrected chi connectivity index (χ3v) is 4.59. The summed E-state index contributed by atoms with van der Waals surface area (Å²) in [5.74, 6) is -0.677. The van der Waals surface area contributed by atoms with Crippen LogP contribution >= 0.6 is 0 Å². The minimum atomic E-state index is -4.09. The maximum absolute atomic E-state index is 12.0. The first-order chi connectivity index (χ1) is 12.9. The second-order valence-electron chi connectivity index (χ2n) is 5.65. The molecule has 0 aromatic heterocycles. The molecule has 2 aromatic carbocycles. The zero-order valence-corrected chi connectivity index (χ0v) is 15.5. The topological polar surface area (TPSA) is 114 Å². The summed E-state index contributed by atoms with van der Waals surface area (Å²) in [5, 5.41) is 2.33. The Hall–Kier alpha value is -2.91. The summed E-state index contributed by atoms with van der Waals surface area (Å²) in [6, 6.07) is 15.8. The highest BCUT2D eigenvalue weighted by atomic mass is 32.2. The number of methoxy groups -OCH3 is 1. The molecule has 0 spiro atoms. The van der Waals surface area contributed by atoms with Crippen LogP contribution in [0.15, 0.2) is 60.7 Å². The number of amides is 2. The number of benzene rings is 2. The van der Waals surface area contributed by atoms with Crippen LogP contribution < -0.4 is 14.8 Å². The Morgan fingerprint density at radius 3 is 2.07 bits per heavy atom. The predicted molar refractivity (Wildman–Crippen MR) is 99.8 cm³/mol. The molecule has 0 fully saturated rings. The maximum Gasteiger partial charge on any atom is 0.330 e. The van der Waals surface area contributed by atoms with Gasteiger partial charge in [-0.1, -0.05) is 60.7 Å². The van der Waals surface area contributed by atoms with Crippen molar-refractivity contribution in [3.63, 3.8) is 0 Å². The number of hydrogen-bond donors (Lipinski definition) is 3. The van der Waals surface area contributed by atoms with Crippen LogP contribution in [0.1, 0.15) is 11.1 Å². The average Bonchev–Trinajstić information content (AvgIpc) is 2.66. The molecule has 2 amide bonds. The van der Waals surface area contributed by atoms with Gasteiger partial charge in [-0.05, 0) is 11.1 Å². The molecular formula is C18H21N3O5S. The van der Waals surface area contributed by atoms with Gasteiger partial charge in [0.2, 0.25) is 0 Å². The van der Waals surface area contributed by atoms with Gasteiger partial charge in [-0.2, -0.15) is 13.1 Å². The number of urea groups is 1. The molecule has 0 radical (unpaired) electrons. The van der Waals surface area contributed by atoms with Gasteiger partial charge in [0.1, 0.15) is 6.04 Å². The number of nitrogens with one attached hydrogen (secondary N) is 3. The van der Waals surface area contributed by atoms with Crippen molar-refractivity contribution < 1.29 is 22.7 Å².